The van der Waals surface area contributed by atoms with Crippen molar-refractivity contribution in [3.8, 4) is 11.5 Å². The summed E-state index contributed by atoms with van der Waals surface area (Å²) in [6.45, 7) is 12.2. The van der Waals surface area contributed by atoms with Gasteiger partial charge < -0.3 is 24.8 Å². The first-order chi connectivity index (χ1) is 11.8. The smallest absolute Gasteiger partial charge is 0.407 e. The molecule has 0 aromatic heterocycles. The zero-order valence-electron chi connectivity index (χ0n) is 15.8. The Morgan fingerprint density at radius 1 is 1.24 bits per heavy atom. The fourth-order valence-electron chi connectivity index (χ4n) is 2.59. The second kappa shape index (κ2) is 8.43. The van der Waals surface area contributed by atoms with E-state index in [0.29, 0.717) is 24.9 Å². The van der Waals surface area contributed by atoms with Gasteiger partial charge in [0.25, 0.3) is 0 Å². The Kier molecular flexibility index (Phi) is 6.53. The van der Waals surface area contributed by atoms with Crippen LogP contribution in [0.1, 0.15) is 40.2 Å². The van der Waals surface area contributed by atoms with Crippen LogP contribution in [0.5, 0.6) is 11.5 Å². The Balaban J connectivity index is 1.80. The van der Waals surface area contributed by atoms with E-state index in [4.69, 9.17) is 14.2 Å². The van der Waals surface area contributed by atoms with Gasteiger partial charge in [-0.1, -0.05) is 26.0 Å². The average Bonchev–Trinajstić information content (AvgIpc) is 2.97. The van der Waals surface area contributed by atoms with Gasteiger partial charge in [0.1, 0.15) is 5.60 Å². The van der Waals surface area contributed by atoms with Crippen LogP contribution < -0.4 is 20.1 Å². The molecule has 0 saturated carbocycles. The SMILES string of the molecule is CC(C)C(CNCc1cccc2c1OCO2)CNC(=O)OC(C)(C)C. The first kappa shape index (κ1) is 19.4. The summed E-state index contributed by atoms with van der Waals surface area (Å²) in [7, 11) is 0. The van der Waals surface area contributed by atoms with Crippen LogP contribution in [0.4, 0.5) is 4.79 Å². The molecule has 1 amide bonds. The summed E-state index contributed by atoms with van der Waals surface area (Å²) in [4.78, 5) is 11.8. The minimum Gasteiger partial charge on any atom is -0.454 e. The third-order valence-electron chi connectivity index (χ3n) is 4.05. The summed E-state index contributed by atoms with van der Waals surface area (Å²) >= 11 is 0. The molecule has 6 nitrogen and oxygen atoms in total. The molecule has 1 aromatic carbocycles. The fourth-order valence-corrected chi connectivity index (χ4v) is 2.59. The summed E-state index contributed by atoms with van der Waals surface area (Å²) in [6.07, 6.45) is -0.371. The highest BCUT2D eigenvalue weighted by Crippen LogP contribution is 2.35. The molecule has 6 heteroatoms. The van der Waals surface area contributed by atoms with Crippen molar-refractivity contribution in [2.24, 2.45) is 11.8 Å². The molecule has 140 valence electrons. The van der Waals surface area contributed by atoms with Gasteiger partial charge in [-0.25, -0.2) is 4.79 Å². The van der Waals surface area contributed by atoms with Gasteiger partial charge in [-0.15, -0.1) is 0 Å². The van der Waals surface area contributed by atoms with Crippen molar-refractivity contribution < 1.29 is 19.0 Å². The van der Waals surface area contributed by atoms with Crippen molar-refractivity contribution in [2.45, 2.75) is 46.8 Å². The maximum absolute atomic E-state index is 11.8. The number of rotatable bonds is 7. The Morgan fingerprint density at radius 2 is 2.00 bits per heavy atom. The second-order valence-corrected chi connectivity index (χ2v) is 7.67. The number of carbonyl (C=O) groups is 1. The molecule has 0 radical (unpaired) electrons. The molecule has 1 aliphatic rings. The number of hydrogen-bond donors (Lipinski definition) is 2. The third kappa shape index (κ3) is 6.12. The maximum Gasteiger partial charge on any atom is 0.407 e. The lowest BCUT2D eigenvalue weighted by Gasteiger charge is -2.24. The van der Waals surface area contributed by atoms with Crippen LogP contribution in [0.3, 0.4) is 0 Å². The average molecular weight is 350 g/mol. The zero-order valence-corrected chi connectivity index (χ0v) is 15.8. The molecule has 1 unspecified atom stereocenters. The Morgan fingerprint density at radius 3 is 2.68 bits per heavy atom. The standard InChI is InChI=1S/C19H30N2O4/c1-13(2)15(11-21-18(22)25-19(3,4)5)10-20-9-14-7-6-8-16-17(14)24-12-23-16/h6-8,13,15,20H,9-12H2,1-5H3,(H,21,22). The molecule has 1 aromatic rings. The predicted octanol–water partition coefficient (Wildman–Crippen LogP) is 3.30. The summed E-state index contributed by atoms with van der Waals surface area (Å²) in [6, 6.07) is 5.91. The summed E-state index contributed by atoms with van der Waals surface area (Å²) < 4.78 is 16.2. The normalized spacial score (nSPS) is 14.5. The van der Waals surface area contributed by atoms with Gasteiger partial charge in [0.05, 0.1) is 0 Å². The number of alkyl carbamates (subject to hydrolysis) is 1. The molecule has 0 bridgehead atoms. The quantitative estimate of drug-likeness (QED) is 0.790. The van der Waals surface area contributed by atoms with Crippen molar-refractivity contribution in [1.82, 2.24) is 10.6 Å². The minimum atomic E-state index is -0.481. The Bertz CT molecular complexity index is 581. The van der Waals surface area contributed by atoms with Crippen molar-refractivity contribution in [2.75, 3.05) is 19.9 Å². The Hall–Kier alpha value is -1.95. The van der Waals surface area contributed by atoms with Crippen LogP contribution in [-0.4, -0.2) is 31.6 Å². The molecule has 1 aliphatic heterocycles. The molecular formula is C19H30N2O4. The highest BCUT2D eigenvalue weighted by Gasteiger charge is 2.20. The minimum absolute atomic E-state index is 0.279. The highest BCUT2D eigenvalue weighted by atomic mass is 16.7. The van der Waals surface area contributed by atoms with Gasteiger partial charge in [-0.3, -0.25) is 0 Å². The van der Waals surface area contributed by atoms with Crippen molar-refractivity contribution in [3.05, 3.63) is 23.8 Å². The number of carbonyl (C=O) groups excluding carboxylic acids is 1. The van der Waals surface area contributed by atoms with Crippen LogP contribution in [-0.2, 0) is 11.3 Å². The summed E-state index contributed by atoms with van der Waals surface area (Å²) in [5.41, 5.74) is 0.600. The van der Waals surface area contributed by atoms with Gasteiger partial charge in [0.2, 0.25) is 6.79 Å². The largest absolute Gasteiger partial charge is 0.454 e. The maximum atomic E-state index is 11.8. The van der Waals surface area contributed by atoms with Gasteiger partial charge in [-0.05, 0) is 38.7 Å². The van der Waals surface area contributed by atoms with Gasteiger partial charge in [-0.2, -0.15) is 0 Å². The molecular weight excluding hydrogens is 320 g/mol. The molecule has 25 heavy (non-hydrogen) atoms. The van der Waals surface area contributed by atoms with Crippen molar-refractivity contribution >= 4 is 6.09 Å². The molecule has 0 fully saturated rings. The molecule has 0 spiro atoms. The van der Waals surface area contributed by atoms with Crippen molar-refractivity contribution in [1.29, 1.82) is 0 Å². The first-order valence-corrected chi connectivity index (χ1v) is 8.81. The lowest BCUT2D eigenvalue weighted by molar-refractivity contribution is 0.0515. The summed E-state index contributed by atoms with van der Waals surface area (Å²) in [5, 5.41) is 6.32. The number of ether oxygens (including phenoxy) is 3. The van der Waals surface area contributed by atoms with E-state index in [2.05, 4.69) is 24.5 Å². The zero-order chi connectivity index (χ0) is 18.4. The molecule has 1 atom stereocenters. The molecule has 0 aliphatic carbocycles. The third-order valence-corrected chi connectivity index (χ3v) is 4.05. The van der Waals surface area contributed by atoms with Gasteiger partial charge in [0, 0.05) is 25.2 Å². The van der Waals surface area contributed by atoms with E-state index < -0.39 is 5.60 Å². The van der Waals surface area contributed by atoms with Crippen LogP contribution >= 0.6 is 0 Å². The fraction of sp³-hybridized carbons (Fsp3) is 0.632. The second-order valence-electron chi connectivity index (χ2n) is 7.67. The molecule has 2 rings (SSSR count). The summed E-state index contributed by atoms with van der Waals surface area (Å²) in [5.74, 6) is 2.36. The Labute approximate surface area is 150 Å². The van der Waals surface area contributed by atoms with E-state index in [9.17, 15) is 4.79 Å². The number of fused-ring (bicyclic) bond motifs is 1. The number of nitrogens with one attached hydrogen (secondary N) is 2. The van der Waals surface area contributed by atoms with E-state index in [1.54, 1.807) is 0 Å². The molecule has 0 saturated heterocycles. The van der Waals surface area contributed by atoms with Crippen LogP contribution in [0.15, 0.2) is 18.2 Å². The van der Waals surface area contributed by atoms with E-state index in [-0.39, 0.29) is 12.9 Å². The topological polar surface area (TPSA) is 68.8 Å². The van der Waals surface area contributed by atoms with Crippen LogP contribution in [0.2, 0.25) is 0 Å². The predicted molar refractivity (Wildman–Crippen MR) is 96.8 cm³/mol. The number of benzene rings is 1. The molecule has 2 N–H and O–H groups in total. The lowest BCUT2D eigenvalue weighted by atomic mass is 9.95. The van der Waals surface area contributed by atoms with Crippen LogP contribution in [0.25, 0.3) is 0 Å². The van der Waals surface area contributed by atoms with E-state index in [1.807, 2.05) is 39.0 Å². The number of para-hydroxylation sites is 1. The first-order valence-electron chi connectivity index (χ1n) is 8.81. The van der Waals surface area contributed by atoms with Crippen molar-refractivity contribution in [3.63, 3.8) is 0 Å². The molecule has 1 heterocycles. The van der Waals surface area contributed by atoms with Gasteiger partial charge >= 0.3 is 6.09 Å². The van der Waals surface area contributed by atoms with E-state index >= 15 is 0 Å². The lowest BCUT2D eigenvalue weighted by Crippen LogP contribution is -2.39. The highest BCUT2D eigenvalue weighted by molar-refractivity contribution is 5.67. The van der Waals surface area contributed by atoms with Gasteiger partial charge in [0.15, 0.2) is 11.5 Å². The van der Waals surface area contributed by atoms with E-state index in [0.717, 1.165) is 23.6 Å². The monoisotopic (exact) mass is 350 g/mol. The van der Waals surface area contributed by atoms with Crippen LogP contribution in [0, 0.1) is 11.8 Å². The number of hydrogen-bond acceptors (Lipinski definition) is 5. The number of amides is 1. The van der Waals surface area contributed by atoms with E-state index in [1.165, 1.54) is 0 Å².